The fourth-order valence-corrected chi connectivity index (χ4v) is 2.81. The molecule has 9 heteroatoms. The van der Waals surface area contributed by atoms with Crippen molar-refractivity contribution < 1.29 is 18.7 Å². The van der Waals surface area contributed by atoms with Crippen LogP contribution in [0.15, 0.2) is 35.1 Å². The molecule has 2 aromatic rings. The molecule has 1 N–H and O–H groups in total. The number of benzene rings is 1. The number of amides is 2. The second-order valence-electron chi connectivity index (χ2n) is 6.01. The van der Waals surface area contributed by atoms with Crippen molar-refractivity contribution in [3.8, 4) is 0 Å². The number of halogens is 1. The number of fused-ring (bicyclic) bond motifs is 1. The molecule has 0 spiro atoms. The molecule has 0 unspecified atom stereocenters. The van der Waals surface area contributed by atoms with E-state index in [1.165, 1.54) is 29.2 Å². The van der Waals surface area contributed by atoms with Gasteiger partial charge in [0.05, 0.1) is 24.5 Å². The van der Waals surface area contributed by atoms with Gasteiger partial charge < -0.3 is 15.0 Å². The van der Waals surface area contributed by atoms with Crippen LogP contribution in [0.2, 0.25) is 0 Å². The molecule has 0 saturated carbocycles. The Morgan fingerprint density at radius 1 is 1.33 bits per heavy atom. The highest BCUT2D eigenvalue weighted by atomic mass is 19.1. The van der Waals surface area contributed by atoms with Crippen molar-refractivity contribution in [2.24, 2.45) is 0 Å². The molecular formula is C18H19FN4O4. The molecule has 1 aliphatic rings. The molecule has 0 fully saturated rings. The van der Waals surface area contributed by atoms with Gasteiger partial charge in [0.2, 0.25) is 5.91 Å². The van der Waals surface area contributed by atoms with Crippen LogP contribution in [0.5, 0.6) is 0 Å². The third-order valence-electron chi connectivity index (χ3n) is 4.11. The van der Waals surface area contributed by atoms with Crippen LogP contribution in [0.1, 0.15) is 18.2 Å². The number of nitrogens with one attached hydrogen (secondary N) is 1. The highest BCUT2D eigenvalue weighted by Crippen LogP contribution is 2.16. The van der Waals surface area contributed by atoms with Crippen molar-refractivity contribution >= 4 is 17.7 Å². The largest absolute Gasteiger partial charge is 0.450 e. The number of aromatic nitrogens is 2. The average molecular weight is 374 g/mol. The molecule has 1 aliphatic heterocycles. The Morgan fingerprint density at radius 2 is 2.11 bits per heavy atom. The maximum atomic E-state index is 13.6. The van der Waals surface area contributed by atoms with Gasteiger partial charge in [-0.25, -0.2) is 13.9 Å². The molecule has 0 aliphatic carbocycles. The lowest BCUT2D eigenvalue weighted by Crippen LogP contribution is -2.39. The van der Waals surface area contributed by atoms with Gasteiger partial charge in [0.25, 0.3) is 5.56 Å². The van der Waals surface area contributed by atoms with Crippen molar-refractivity contribution in [2.45, 2.75) is 26.4 Å². The van der Waals surface area contributed by atoms with Crippen molar-refractivity contribution in [1.29, 1.82) is 0 Å². The summed E-state index contributed by atoms with van der Waals surface area (Å²) in [6, 6.07) is 7.13. The van der Waals surface area contributed by atoms with Crippen LogP contribution in [0.25, 0.3) is 0 Å². The summed E-state index contributed by atoms with van der Waals surface area (Å²) < 4.78 is 19.6. The lowest BCUT2D eigenvalue weighted by atomic mass is 10.1. The molecule has 27 heavy (non-hydrogen) atoms. The molecule has 142 valence electrons. The lowest BCUT2D eigenvalue weighted by Gasteiger charge is -2.27. The molecule has 0 saturated heterocycles. The average Bonchev–Trinajstić information content (AvgIpc) is 2.64. The van der Waals surface area contributed by atoms with Gasteiger partial charge in [-0.3, -0.25) is 9.59 Å². The van der Waals surface area contributed by atoms with Gasteiger partial charge in [0.1, 0.15) is 12.4 Å². The number of carbonyl (C=O) groups excluding carboxylic acids is 2. The Bertz CT molecular complexity index is 928. The maximum Gasteiger partial charge on any atom is 0.410 e. The second kappa shape index (κ2) is 7.98. The second-order valence-corrected chi connectivity index (χ2v) is 6.01. The molecule has 0 atom stereocenters. The zero-order chi connectivity index (χ0) is 19.4. The summed E-state index contributed by atoms with van der Waals surface area (Å²) >= 11 is 0. The van der Waals surface area contributed by atoms with E-state index in [2.05, 4.69) is 10.4 Å². The van der Waals surface area contributed by atoms with Gasteiger partial charge in [0.15, 0.2) is 0 Å². The van der Waals surface area contributed by atoms with Gasteiger partial charge in [-0.1, -0.05) is 12.1 Å². The van der Waals surface area contributed by atoms with Crippen LogP contribution in [-0.2, 0) is 29.0 Å². The van der Waals surface area contributed by atoms with Crippen molar-refractivity contribution in [3.05, 3.63) is 57.8 Å². The van der Waals surface area contributed by atoms with Crippen molar-refractivity contribution in [3.63, 3.8) is 0 Å². The molecular weight excluding hydrogens is 355 g/mol. The molecule has 0 bridgehead atoms. The fourth-order valence-electron chi connectivity index (χ4n) is 2.81. The molecule has 2 amide bonds. The Kier molecular flexibility index (Phi) is 5.49. The normalized spacial score (nSPS) is 13.0. The Hall–Kier alpha value is -3.23. The number of nitrogens with zero attached hydrogens (tertiary/aromatic N) is 3. The van der Waals surface area contributed by atoms with Gasteiger partial charge >= 0.3 is 6.09 Å². The van der Waals surface area contributed by atoms with Crippen LogP contribution in [0, 0.1) is 5.82 Å². The first-order valence-corrected chi connectivity index (χ1v) is 8.54. The highest BCUT2D eigenvalue weighted by Gasteiger charge is 2.24. The predicted molar refractivity (Wildman–Crippen MR) is 94.7 cm³/mol. The number of hydrogen-bond donors (Lipinski definition) is 1. The minimum atomic E-state index is -0.560. The van der Waals surface area contributed by atoms with Gasteiger partial charge in [-0.2, -0.15) is 5.10 Å². The van der Waals surface area contributed by atoms with Crippen LogP contribution < -0.4 is 10.9 Å². The quantitative estimate of drug-likeness (QED) is 0.876. The first-order valence-electron chi connectivity index (χ1n) is 8.54. The minimum absolute atomic E-state index is 0.0404. The van der Waals surface area contributed by atoms with E-state index in [0.29, 0.717) is 24.2 Å². The Labute approximate surface area is 154 Å². The zero-order valence-electron chi connectivity index (χ0n) is 14.8. The number of hydrogen-bond acceptors (Lipinski definition) is 5. The highest BCUT2D eigenvalue weighted by molar-refractivity contribution is 5.90. The van der Waals surface area contributed by atoms with E-state index in [4.69, 9.17) is 4.74 Å². The summed E-state index contributed by atoms with van der Waals surface area (Å²) in [6.07, 6.45) is 0.0141. The monoisotopic (exact) mass is 374 g/mol. The van der Waals surface area contributed by atoms with Gasteiger partial charge in [-0.05, 0) is 19.1 Å². The van der Waals surface area contributed by atoms with E-state index in [1.54, 1.807) is 13.0 Å². The Morgan fingerprint density at radius 3 is 2.85 bits per heavy atom. The number of rotatable bonds is 4. The Balaban J connectivity index is 1.72. The molecule has 1 aromatic heterocycles. The molecule has 8 nitrogen and oxygen atoms in total. The van der Waals surface area contributed by atoms with Gasteiger partial charge in [0, 0.05) is 24.6 Å². The van der Waals surface area contributed by atoms with Crippen LogP contribution in [0.3, 0.4) is 0 Å². The molecule has 3 rings (SSSR count). The summed E-state index contributed by atoms with van der Waals surface area (Å²) in [5.41, 5.74) is 0.848. The topological polar surface area (TPSA) is 93.5 Å². The van der Waals surface area contributed by atoms with Crippen LogP contribution in [0.4, 0.5) is 14.9 Å². The molecule has 1 aromatic carbocycles. The minimum Gasteiger partial charge on any atom is -0.450 e. The summed E-state index contributed by atoms with van der Waals surface area (Å²) in [5, 5.41) is 6.65. The van der Waals surface area contributed by atoms with Crippen LogP contribution in [-0.4, -0.2) is 39.8 Å². The third-order valence-corrected chi connectivity index (χ3v) is 4.11. The summed E-state index contributed by atoms with van der Waals surface area (Å²) in [4.78, 5) is 37.7. The first-order chi connectivity index (χ1) is 13.0. The SMILES string of the molecule is CCOC(=O)N1CCc2nn(CC(=O)Nc3ccccc3F)c(=O)cc2C1. The van der Waals surface area contributed by atoms with E-state index in [1.807, 2.05) is 0 Å². The van der Waals surface area contributed by atoms with Gasteiger partial charge in [-0.15, -0.1) is 0 Å². The first kappa shape index (κ1) is 18.6. The number of carbonyl (C=O) groups is 2. The van der Waals surface area contributed by atoms with Crippen molar-refractivity contribution in [2.75, 3.05) is 18.5 Å². The van der Waals surface area contributed by atoms with E-state index in [-0.39, 0.29) is 25.4 Å². The number of ether oxygens (including phenoxy) is 1. The summed E-state index contributed by atoms with van der Waals surface area (Å²) in [5.74, 6) is -1.12. The van der Waals surface area contributed by atoms with E-state index >= 15 is 0 Å². The summed E-state index contributed by atoms with van der Waals surface area (Å²) in [7, 11) is 0. The number of para-hydroxylation sites is 1. The van der Waals surface area contributed by atoms with Crippen LogP contribution >= 0.6 is 0 Å². The van der Waals surface area contributed by atoms with E-state index in [0.717, 1.165) is 4.68 Å². The predicted octanol–water partition coefficient (Wildman–Crippen LogP) is 1.54. The third kappa shape index (κ3) is 4.30. The standard InChI is InChI=1S/C18H19FN4O4/c1-2-27-18(26)22-8-7-14-12(10-22)9-17(25)23(21-14)11-16(24)20-15-6-4-3-5-13(15)19/h3-6,9H,2,7-8,10-11H2,1H3,(H,20,24). The van der Waals surface area contributed by atoms with E-state index in [9.17, 15) is 18.8 Å². The smallest absolute Gasteiger partial charge is 0.410 e. The fraction of sp³-hybridized carbons (Fsp3) is 0.333. The summed E-state index contributed by atoms with van der Waals surface area (Å²) in [6.45, 7) is 2.32. The number of anilines is 1. The molecule has 2 heterocycles. The van der Waals surface area contributed by atoms with Crippen molar-refractivity contribution in [1.82, 2.24) is 14.7 Å². The maximum absolute atomic E-state index is 13.6. The van der Waals surface area contributed by atoms with E-state index < -0.39 is 23.4 Å². The lowest BCUT2D eigenvalue weighted by molar-refractivity contribution is -0.117. The molecule has 0 radical (unpaired) electrons. The zero-order valence-corrected chi connectivity index (χ0v) is 14.8.